The van der Waals surface area contributed by atoms with Gasteiger partial charge in [0.2, 0.25) is 5.91 Å². The second-order valence-corrected chi connectivity index (χ2v) is 6.82. The van der Waals surface area contributed by atoms with Gasteiger partial charge in [0.1, 0.15) is 0 Å². The van der Waals surface area contributed by atoms with Gasteiger partial charge in [-0.2, -0.15) is 0 Å². The summed E-state index contributed by atoms with van der Waals surface area (Å²) in [5.41, 5.74) is 5.96. The van der Waals surface area contributed by atoms with E-state index in [1.54, 1.807) is 6.08 Å². The minimum atomic E-state index is -0.421. The van der Waals surface area contributed by atoms with Gasteiger partial charge in [-0.3, -0.25) is 4.79 Å². The van der Waals surface area contributed by atoms with E-state index in [-0.39, 0.29) is 11.4 Å². The molecule has 0 radical (unpaired) electrons. The van der Waals surface area contributed by atoms with Crippen LogP contribution >= 0.6 is 0 Å². The molecule has 4 aliphatic carbocycles. The minimum Gasteiger partial charge on any atom is -0.349 e. The van der Waals surface area contributed by atoms with Crippen LogP contribution in [0.5, 0.6) is 0 Å². The van der Waals surface area contributed by atoms with Gasteiger partial charge in [0.25, 0.3) is 0 Å². The molecule has 4 bridgehead atoms. The van der Waals surface area contributed by atoms with Crippen molar-refractivity contribution in [2.24, 2.45) is 23.5 Å². The Balaban J connectivity index is 1.68. The summed E-state index contributed by atoms with van der Waals surface area (Å²) in [7, 11) is 0. The van der Waals surface area contributed by atoms with Crippen LogP contribution in [0.2, 0.25) is 0 Å². The number of hydrogen-bond donors (Lipinski definition) is 2. The van der Waals surface area contributed by atoms with Gasteiger partial charge in [0.15, 0.2) is 0 Å². The van der Waals surface area contributed by atoms with Crippen LogP contribution in [0.4, 0.5) is 0 Å². The second-order valence-electron chi connectivity index (χ2n) is 6.82. The number of nitrogens with two attached hydrogens (primary N) is 1. The van der Waals surface area contributed by atoms with E-state index < -0.39 is 6.04 Å². The van der Waals surface area contributed by atoms with Gasteiger partial charge in [0, 0.05) is 5.54 Å². The van der Waals surface area contributed by atoms with Crippen molar-refractivity contribution in [3.05, 3.63) is 12.7 Å². The summed E-state index contributed by atoms with van der Waals surface area (Å²) in [6, 6.07) is -0.421. The molecule has 1 unspecified atom stereocenters. The maximum Gasteiger partial charge on any atom is 0.237 e. The number of carbonyl (C=O) groups is 1. The van der Waals surface area contributed by atoms with Gasteiger partial charge in [0.05, 0.1) is 6.04 Å². The van der Waals surface area contributed by atoms with Crippen LogP contribution in [0.15, 0.2) is 12.7 Å². The summed E-state index contributed by atoms with van der Waals surface area (Å²) < 4.78 is 0. The van der Waals surface area contributed by atoms with Crippen LogP contribution < -0.4 is 11.1 Å². The molecule has 18 heavy (non-hydrogen) atoms. The Hall–Kier alpha value is -0.830. The first-order valence-electron chi connectivity index (χ1n) is 7.29. The van der Waals surface area contributed by atoms with E-state index in [4.69, 9.17) is 5.73 Å². The summed E-state index contributed by atoms with van der Waals surface area (Å²) in [5.74, 6) is 2.59. The Morgan fingerprint density at radius 2 is 1.78 bits per heavy atom. The Bertz CT molecular complexity index is 328. The zero-order valence-corrected chi connectivity index (χ0v) is 11.0. The van der Waals surface area contributed by atoms with Crippen molar-refractivity contribution in [1.82, 2.24) is 5.32 Å². The summed E-state index contributed by atoms with van der Waals surface area (Å²) in [6.45, 7) is 3.65. The lowest BCUT2D eigenvalue weighted by atomic mass is 9.53. The predicted molar refractivity (Wildman–Crippen MR) is 71.8 cm³/mol. The van der Waals surface area contributed by atoms with Crippen molar-refractivity contribution in [3.8, 4) is 0 Å². The summed E-state index contributed by atoms with van der Waals surface area (Å²) in [5, 5.41) is 3.30. The van der Waals surface area contributed by atoms with Gasteiger partial charge in [-0.15, -0.1) is 6.58 Å². The molecule has 0 spiro atoms. The lowest BCUT2D eigenvalue weighted by Crippen LogP contribution is -2.62. The highest BCUT2D eigenvalue weighted by Crippen LogP contribution is 2.55. The van der Waals surface area contributed by atoms with Crippen LogP contribution in [0, 0.1) is 17.8 Å². The molecule has 0 heterocycles. The maximum atomic E-state index is 12.1. The molecule has 1 atom stereocenters. The monoisotopic (exact) mass is 248 g/mol. The van der Waals surface area contributed by atoms with Gasteiger partial charge < -0.3 is 11.1 Å². The molecule has 0 saturated heterocycles. The number of nitrogens with one attached hydrogen (secondary N) is 1. The van der Waals surface area contributed by atoms with Crippen LogP contribution in [0.25, 0.3) is 0 Å². The first-order chi connectivity index (χ1) is 8.60. The Labute approximate surface area is 109 Å². The fraction of sp³-hybridized carbons (Fsp3) is 0.800. The molecule has 0 aromatic heterocycles. The number of carbonyl (C=O) groups excluding carboxylic acids is 1. The quantitative estimate of drug-likeness (QED) is 0.747. The molecule has 3 nitrogen and oxygen atoms in total. The fourth-order valence-electron chi connectivity index (χ4n) is 4.90. The first-order valence-corrected chi connectivity index (χ1v) is 7.29. The van der Waals surface area contributed by atoms with Crippen LogP contribution in [0.3, 0.4) is 0 Å². The van der Waals surface area contributed by atoms with E-state index >= 15 is 0 Å². The highest BCUT2D eigenvalue weighted by atomic mass is 16.2. The van der Waals surface area contributed by atoms with E-state index in [0.29, 0.717) is 6.42 Å². The van der Waals surface area contributed by atoms with Crippen molar-refractivity contribution in [3.63, 3.8) is 0 Å². The SMILES string of the molecule is C=CCC(N)C(=O)NC12CC3CC(CC(C3)C1)C2. The molecule has 4 aliphatic rings. The van der Waals surface area contributed by atoms with E-state index in [9.17, 15) is 4.79 Å². The van der Waals surface area contributed by atoms with Gasteiger partial charge in [-0.05, 0) is 62.7 Å². The van der Waals surface area contributed by atoms with Gasteiger partial charge in [-0.1, -0.05) is 6.08 Å². The van der Waals surface area contributed by atoms with E-state index in [0.717, 1.165) is 17.8 Å². The van der Waals surface area contributed by atoms with Gasteiger partial charge in [-0.25, -0.2) is 0 Å². The number of rotatable bonds is 4. The Kier molecular flexibility index (Phi) is 2.97. The van der Waals surface area contributed by atoms with Crippen molar-refractivity contribution in [2.75, 3.05) is 0 Å². The third kappa shape index (κ3) is 2.09. The van der Waals surface area contributed by atoms with E-state index in [2.05, 4.69) is 11.9 Å². The van der Waals surface area contributed by atoms with E-state index in [1.807, 2.05) is 0 Å². The largest absolute Gasteiger partial charge is 0.349 e. The molecule has 4 saturated carbocycles. The minimum absolute atomic E-state index is 0.0249. The average molecular weight is 248 g/mol. The molecule has 100 valence electrons. The topological polar surface area (TPSA) is 55.1 Å². The Morgan fingerprint density at radius 1 is 1.28 bits per heavy atom. The molecule has 0 aromatic carbocycles. The maximum absolute atomic E-state index is 12.1. The van der Waals surface area contributed by atoms with Crippen LogP contribution in [-0.4, -0.2) is 17.5 Å². The third-order valence-corrected chi connectivity index (χ3v) is 5.18. The number of hydrogen-bond acceptors (Lipinski definition) is 2. The highest BCUT2D eigenvalue weighted by molar-refractivity contribution is 5.82. The van der Waals surface area contributed by atoms with Crippen molar-refractivity contribution < 1.29 is 4.79 Å². The predicted octanol–water partition coefficient (Wildman–Crippen LogP) is 1.97. The zero-order chi connectivity index (χ0) is 12.8. The smallest absolute Gasteiger partial charge is 0.237 e. The Morgan fingerprint density at radius 3 is 2.22 bits per heavy atom. The standard InChI is InChI=1S/C15H24N2O/c1-2-3-13(16)14(18)17-15-7-10-4-11(8-15)6-12(5-10)9-15/h2,10-13H,1,3-9,16H2,(H,17,18). The third-order valence-electron chi connectivity index (χ3n) is 5.18. The number of amides is 1. The molecule has 3 N–H and O–H groups in total. The van der Waals surface area contributed by atoms with Crippen molar-refractivity contribution >= 4 is 5.91 Å². The molecule has 4 rings (SSSR count). The summed E-state index contributed by atoms with van der Waals surface area (Å²) in [6.07, 6.45) is 10.0. The molecule has 0 aliphatic heterocycles. The summed E-state index contributed by atoms with van der Waals surface area (Å²) in [4.78, 5) is 12.1. The zero-order valence-electron chi connectivity index (χ0n) is 11.0. The lowest BCUT2D eigenvalue weighted by Gasteiger charge is -2.57. The average Bonchev–Trinajstić information content (AvgIpc) is 2.26. The fourth-order valence-corrected chi connectivity index (χ4v) is 4.90. The molecule has 0 aromatic rings. The van der Waals surface area contributed by atoms with Crippen molar-refractivity contribution in [2.45, 2.75) is 56.5 Å². The first kappa shape index (κ1) is 12.2. The molecule has 3 heteroatoms. The van der Waals surface area contributed by atoms with Crippen LogP contribution in [-0.2, 0) is 4.79 Å². The normalized spacial score (nSPS) is 42.6. The van der Waals surface area contributed by atoms with Crippen LogP contribution in [0.1, 0.15) is 44.9 Å². The van der Waals surface area contributed by atoms with Crippen molar-refractivity contribution in [1.29, 1.82) is 0 Å². The second kappa shape index (κ2) is 4.37. The molecular formula is C15H24N2O. The lowest BCUT2D eigenvalue weighted by molar-refractivity contribution is -0.128. The summed E-state index contributed by atoms with van der Waals surface area (Å²) >= 11 is 0. The van der Waals surface area contributed by atoms with E-state index in [1.165, 1.54) is 38.5 Å². The molecular weight excluding hydrogens is 224 g/mol. The highest BCUT2D eigenvalue weighted by Gasteiger charge is 2.51. The molecule has 4 fully saturated rings. The molecule has 1 amide bonds. The van der Waals surface area contributed by atoms with Gasteiger partial charge >= 0.3 is 0 Å².